The zero-order valence-corrected chi connectivity index (χ0v) is 10.7. The van der Waals surface area contributed by atoms with Crippen molar-refractivity contribution in [1.29, 1.82) is 0 Å². The number of rotatable bonds is 7. The summed E-state index contributed by atoms with van der Waals surface area (Å²) < 4.78 is 30.0. The van der Waals surface area contributed by atoms with E-state index < -0.39 is 22.0 Å². The predicted octanol–water partition coefficient (Wildman–Crippen LogP) is 0.378. The molecule has 0 heterocycles. The highest BCUT2D eigenvalue weighted by atomic mass is 32.2. The van der Waals surface area contributed by atoms with E-state index in [0.717, 1.165) is 0 Å². The van der Waals surface area contributed by atoms with Crippen molar-refractivity contribution in [3.63, 3.8) is 0 Å². The molecule has 18 heavy (non-hydrogen) atoms. The molecule has 1 rings (SSSR count). The average molecular weight is 273 g/mol. The first kappa shape index (κ1) is 14.6. The van der Waals surface area contributed by atoms with E-state index in [1.165, 1.54) is 7.11 Å². The molecule has 1 atom stereocenters. The van der Waals surface area contributed by atoms with E-state index in [9.17, 15) is 13.2 Å². The standard InChI is InChI=1S/C11H15NO5S/c1-17-7-8-18(15,16)12-10(11(13)14)9-5-3-2-4-6-9/h2-6,10,12H,7-8H2,1H3,(H,13,14)/t10-/m1/s1. The Balaban J connectivity index is 2.86. The highest BCUT2D eigenvalue weighted by molar-refractivity contribution is 7.89. The van der Waals surface area contributed by atoms with Gasteiger partial charge in [0.2, 0.25) is 10.0 Å². The number of benzene rings is 1. The second-order valence-electron chi connectivity index (χ2n) is 3.61. The minimum absolute atomic E-state index is 0.0104. The number of aliphatic carboxylic acids is 1. The first-order valence-corrected chi connectivity index (χ1v) is 6.88. The molecule has 0 saturated heterocycles. The Hall–Kier alpha value is -1.44. The van der Waals surface area contributed by atoms with Crippen LogP contribution in [0.2, 0.25) is 0 Å². The summed E-state index contributed by atoms with van der Waals surface area (Å²) in [5, 5.41) is 9.06. The van der Waals surface area contributed by atoms with Crippen LogP contribution in [0.15, 0.2) is 30.3 Å². The predicted molar refractivity (Wildman–Crippen MR) is 65.6 cm³/mol. The van der Waals surface area contributed by atoms with Gasteiger partial charge in [-0.15, -0.1) is 0 Å². The van der Waals surface area contributed by atoms with Gasteiger partial charge in [0.1, 0.15) is 6.04 Å². The quantitative estimate of drug-likeness (QED) is 0.749. The fourth-order valence-corrected chi connectivity index (χ4v) is 2.44. The van der Waals surface area contributed by atoms with Gasteiger partial charge in [-0.3, -0.25) is 4.79 Å². The molecule has 6 nitrogen and oxygen atoms in total. The maximum atomic E-state index is 11.6. The first-order chi connectivity index (χ1) is 8.46. The lowest BCUT2D eigenvalue weighted by Crippen LogP contribution is -2.36. The number of carbonyl (C=O) groups is 1. The number of hydrogen-bond acceptors (Lipinski definition) is 4. The molecular formula is C11H15NO5S. The molecule has 0 aromatic heterocycles. The van der Waals surface area contributed by atoms with Gasteiger partial charge in [-0.05, 0) is 5.56 Å². The summed E-state index contributed by atoms with van der Waals surface area (Å²) in [5.74, 6) is -1.53. The smallest absolute Gasteiger partial charge is 0.326 e. The van der Waals surface area contributed by atoms with Crippen LogP contribution in [0.25, 0.3) is 0 Å². The highest BCUT2D eigenvalue weighted by Gasteiger charge is 2.25. The van der Waals surface area contributed by atoms with Crippen molar-refractivity contribution in [1.82, 2.24) is 4.72 Å². The summed E-state index contributed by atoms with van der Waals surface area (Å²) in [4.78, 5) is 11.1. The fourth-order valence-electron chi connectivity index (χ4n) is 1.34. The Kier molecular flexibility index (Phi) is 5.26. The molecule has 7 heteroatoms. The molecule has 0 bridgehead atoms. The van der Waals surface area contributed by atoms with Gasteiger partial charge in [-0.2, -0.15) is 4.72 Å². The lowest BCUT2D eigenvalue weighted by atomic mass is 10.1. The molecule has 0 aliphatic heterocycles. The third-order valence-corrected chi connectivity index (χ3v) is 3.53. The van der Waals surface area contributed by atoms with Crippen LogP contribution in [0.4, 0.5) is 0 Å². The van der Waals surface area contributed by atoms with Crippen molar-refractivity contribution >= 4 is 16.0 Å². The second kappa shape index (κ2) is 6.48. The molecule has 0 aliphatic rings. The van der Waals surface area contributed by atoms with E-state index in [1.54, 1.807) is 30.3 Å². The molecule has 1 aromatic carbocycles. The third-order valence-electron chi connectivity index (χ3n) is 2.23. The number of nitrogens with one attached hydrogen (secondary N) is 1. The van der Waals surface area contributed by atoms with E-state index in [2.05, 4.69) is 9.46 Å². The van der Waals surface area contributed by atoms with Crippen LogP contribution in [-0.2, 0) is 19.6 Å². The zero-order chi connectivity index (χ0) is 13.6. The van der Waals surface area contributed by atoms with Gasteiger partial charge in [0.15, 0.2) is 0 Å². The lowest BCUT2D eigenvalue weighted by Gasteiger charge is -2.14. The van der Waals surface area contributed by atoms with Crippen molar-refractivity contribution < 1.29 is 23.1 Å². The minimum atomic E-state index is -3.69. The number of carboxylic acid groups (broad SMARTS) is 1. The van der Waals surface area contributed by atoms with E-state index in [0.29, 0.717) is 5.56 Å². The van der Waals surface area contributed by atoms with Crippen LogP contribution in [0, 0.1) is 0 Å². The Morgan fingerprint density at radius 3 is 2.50 bits per heavy atom. The molecule has 0 fully saturated rings. The summed E-state index contributed by atoms with van der Waals surface area (Å²) in [7, 11) is -2.32. The molecule has 0 saturated carbocycles. The average Bonchev–Trinajstić information content (AvgIpc) is 2.34. The lowest BCUT2D eigenvalue weighted by molar-refractivity contribution is -0.139. The van der Waals surface area contributed by atoms with Gasteiger partial charge in [-0.1, -0.05) is 30.3 Å². The van der Waals surface area contributed by atoms with Gasteiger partial charge in [0, 0.05) is 7.11 Å². The Bertz CT molecular complexity index is 485. The van der Waals surface area contributed by atoms with Gasteiger partial charge in [-0.25, -0.2) is 8.42 Å². The molecule has 0 unspecified atom stereocenters. The summed E-state index contributed by atoms with van der Waals surface area (Å²) in [6.45, 7) is 0.0104. The molecule has 2 N–H and O–H groups in total. The number of sulfonamides is 1. The van der Waals surface area contributed by atoms with Crippen LogP contribution in [0.5, 0.6) is 0 Å². The second-order valence-corrected chi connectivity index (χ2v) is 5.48. The zero-order valence-electron chi connectivity index (χ0n) is 9.87. The number of hydrogen-bond donors (Lipinski definition) is 2. The third kappa shape index (κ3) is 4.44. The molecule has 1 aromatic rings. The summed E-state index contributed by atoms with van der Waals surface area (Å²) >= 11 is 0. The Morgan fingerprint density at radius 2 is 2.00 bits per heavy atom. The van der Waals surface area contributed by atoms with Crippen LogP contribution in [0.3, 0.4) is 0 Å². The largest absolute Gasteiger partial charge is 0.480 e. The van der Waals surface area contributed by atoms with E-state index in [-0.39, 0.29) is 12.4 Å². The van der Waals surface area contributed by atoms with Gasteiger partial charge in [0.05, 0.1) is 12.4 Å². The van der Waals surface area contributed by atoms with E-state index in [1.807, 2.05) is 0 Å². The molecule has 0 aliphatic carbocycles. The summed E-state index contributed by atoms with van der Waals surface area (Å²) in [5.41, 5.74) is 0.381. The minimum Gasteiger partial charge on any atom is -0.480 e. The SMILES string of the molecule is COCCS(=O)(=O)N[C@@H](C(=O)O)c1ccccc1. The number of carboxylic acids is 1. The first-order valence-electron chi connectivity index (χ1n) is 5.23. The molecule has 0 radical (unpaired) electrons. The summed E-state index contributed by atoms with van der Waals surface area (Å²) in [6.07, 6.45) is 0. The maximum Gasteiger partial charge on any atom is 0.326 e. The van der Waals surface area contributed by atoms with E-state index in [4.69, 9.17) is 5.11 Å². The van der Waals surface area contributed by atoms with Crippen molar-refractivity contribution in [3.8, 4) is 0 Å². The number of ether oxygens (including phenoxy) is 1. The van der Waals surface area contributed by atoms with Gasteiger partial charge in [0.25, 0.3) is 0 Å². The molecule has 0 amide bonds. The molecule has 0 spiro atoms. The fraction of sp³-hybridized carbons (Fsp3) is 0.364. The Labute approximate surface area is 106 Å². The normalized spacial score (nSPS) is 13.2. The van der Waals surface area contributed by atoms with Gasteiger partial charge < -0.3 is 9.84 Å². The maximum absolute atomic E-state index is 11.6. The molecule has 100 valence electrons. The topological polar surface area (TPSA) is 92.7 Å². The number of methoxy groups -OCH3 is 1. The van der Waals surface area contributed by atoms with Crippen LogP contribution < -0.4 is 4.72 Å². The molecular weight excluding hydrogens is 258 g/mol. The van der Waals surface area contributed by atoms with Gasteiger partial charge >= 0.3 is 5.97 Å². The van der Waals surface area contributed by atoms with Crippen molar-refractivity contribution in [2.24, 2.45) is 0 Å². The highest BCUT2D eigenvalue weighted by Crippen LogP contribution is 2.13. The van der Waals surface area contributed by atoms with Crippen molar-refractivity contribution in [2.75, 3.05) is 19.5 Å². The Morgan fingerprint density at radius 1 is 1.39 bits per heavy atom. The van der Waals surface area contributed by atoms with Crippen LogP contribution in [-0.4, -0.2) is 39.0 Å². The monoisotopic (exact) mass is 273 g/mol. The van der Waals surface area contributed by atoms with Crippen LogP contribution >= 0.6 is 0 Å². The van der Waals surface area contributed by atoms with Crippen molar-refractivity contribution in [2.45, 2.75) is 6.04 Å². The van der Waals surface area contributed by atoms with E-state index >= 15 is 0 Å². The van der Waals surface area contributed by atoms with Crippen LogP contribution in [0.1, 0.15) is 11.6 Å². The van der Waals surface area contributed by atoms with Crippen molar-refractivity contribution in [3.05, 3.63) is 35.9 Å². The summed E-state index contributed by atoms with van der Waals surface area (Å²) in [6, 6.07) is 6.84.